The zero-order valence-electron chi connectivity index (χ0n) is 15.6. The maximum Gasteiger partial charge on any atom is 0.184 e. The molecule has 0 amide bonds. The average molecular weight is 352 g/mol. The summed E-state index contributed by atoms with van der Waals surface area (Å²) in [4.78, 5) is 0. The molecule has 2 heterocycles. The third kappa shape index (κ3) is 4.15. The Kier molecular flexibility index (Phi) is 5.65. The summed E-state index contributed by atoms with van der Waals surface area (Å²) < 4.78 is 34.7. The molecule has 0 aliphatic carbocycles. The molecule has 0 bridgehead atoms. The van der Waals surface area contributed by atoms with Crippen molar-refractivity contribution in [1.29, 1.82) is 0 Å². The zero-order valence-corrected chi connectivity index (χ0v) is 15.6. The number of methoxy groups -OCH3 is 2. The third-order valence-corrected chi connectivity index (χ3v) is 4.83. The molecule has 0 saturated carbocycles. The molecule has 140 valence electrons. The van der Waals surface area contributed by atoms with Crippen molar-refractivity contribution >= 4 is 0 Å². The van der Waals surface area contributed by atoms with E-state index in [4.69, 9.17) is 28.4 Å². The van der Waals surface area contributed by atoms with Crippen LogP contribution in [0.1, 0.15) is 26.3 Å². The lowest BCUT2D eigenvalue weighted by Crippen LogP contribution is -2.61. The Hall–Kier alpha value is -1.18. The van der Waals surface area contributed by atoms with E-state index in [1.807, 2.05) is 38.1 Å². The van der Waals surface area contributed by atoms with Crippen molar-refractivity contribution in [2.45, 2.75) is 57.8 Å². The molecule has 2 fully saturated rings. The van der Waals surface area contributed by atoms with Gasteiger partial charge in [-0.2, -0.15) is 0 Å². The average Bonchev–Trinajstić information content (AvgIpc) is 2.61. The van der Waals surface area contributed by atoms with Crippen molar-refractivity contribution < 1.29 is 28.4 Å². The van der Waals surface area contributed by atoms with Gasteiger partial charge in [0.05, 0.1) is 26.4 Å². The van der Waals surface area contributed by atoms with Crippen LogP contribution < -0.4 is 4.74 Å². The van der Waals surface area contributed by atoms with Crippen LogP contribution in [-0.2, 0) is 30.3 Å². The summed E-state index contributed by atoms with van der Waals surface area (Å²) in [6.45, 7) is 6.93. The molecule has 6 nitrogen and oxygen atoms in total. The first kappa shape index (κ1) is 18.6. The van der Waals surface area contributed by atoms with Gasteiger partial charge >= 0.3 is 0 Å². The van der Waals surface area contributed by atoms with Gasteiger partial charge in [-0.15, -0.1) is 0 Å². The van der Waals surface area contributed by atoms with Crippen molar-refractivity contribution in [1.82, 2.24) is 0 Å². The minimum absolute atomic E-state index is 0.0870. The smallest absolute Gasteiger partial charge is 0.184 e. The molecule has 0 spiro atoms. The van der Waals surface area contributed by atoms with E-state index in [2.05, 4.69) is 6.92 Å². The summed E-state index contributed by atoms with van der Waals surface area (Å²) in [5.74, 6) is 0.331. The number of benzene rings is 1. The molecule has 2 aliphatic heterocycles. The highest BCUT2D eigenvalue weighted by molar-refractivity contribution is 5.26. The van der Waals surface area contributed by atoms with Crippen LogP contribution in [0.25, 0.3) is 0 Å². The summed E-state index contributed by atoms with van der Waals surface area (Å²) in [6.07, 6.45) is -0.894. The first-order chi connectivity index (χ1) is 11.9. The number of ether oxygens (including phenoxy) is 6. The van der Waals surface area contributed by atoms with E-state index in [9.17, 15) is 0 Å². The van der Waals surface area contributed by atoms with Gasteiger partial charge in [-0.1, -0.05) is 19.1 Å². The van der Waals surface area contributed by atoms with E-state index in [0.29, 0.717) is 13.2 Å². The molecule has 1 aromatic rings. The predicted molar refractivity (Wildman–Crippen MR) is 91.3 cm³/mol. The first-order valence-electron chi connectivity index (χ1n) is 8.68. The summed E-state index contributed by atoms with van der Waals surface area (Å²) in [6, 6.07) is 7.83. The summed E-state index contributed by atoms with van der Waals surface area (Å²) >= 11 is 0. The van der Waals surface area contributed by atoms with Gasteiger partial charge in [0.2, 0.25) is 0 Å². The molecule has 2 unspecified atom stereocenters. The van der Waals surface area contributed by atoms with Crippen LogP contribution >= 0.6 is 0 Å². The van der Waals surface area contributed by atoms with Crippen LogP contribution in [0.2, 0.25) is 0 Å². The van der Waals surface area contributed by atoms with Gasteiger partial charge in [0.25, 0.3) is 0 Å². The van der Waals surface area contributed by atoms with Crippen LogP contribution in [0, 0.1) is 5.92 Å². The van der Waals surface area contributed by atoms with Crippen LogP contribution in [0.15, 0.2) is 24.3 Å². The largest absolute Gasteiger partial charge is 0.497 e. The number of rotatable bonds is 5. The monoisotopic (exact) mass is 352 g/mol. The fraction of sp³-hybridized carbons (Fsp3) is 0.684. The van der Waals surface area contributed by atoms with Gasteiger partial charge in [0.15, 0.2) is 12.1 Å². The van der Waals surface area contributed by atoms with Gasteiger partial charge in [-0.25, -0.2) is 0 Å². The Bertz CT molecular complexity index is 558. The van der Waals surface area contributed by atoms with Gasteiger partial charge in [0, 0.05) is 13.0 Å². The molecule has 0 radical (unpaired) electrons. The fourth-order valence-electron chi connectivity index (χ4n) is 3.40. The normalized spacial score (nSPS) is 34.4. The highest BCUT2D eigenvalue weighted by Gasteiger charge is 2.50. The zero-order chi connectivity index (χ0) is 18.0. The fourth-order valence-corrected chi connectivity index (χ4v) is 3.40. The Morgan fingerprint density at radius 1 is 1.16 bits per heavy atom. The van der Waals surface area contributed by atoms with Crippen molar-refractivity contribution in [3.63, 3.8) is 0 Å². The minimum Gasteiger partial charge on any atom is -0.497 e. The molecule has 3 rings (SSSR count). The van der Waals surface area contributed by atoms with Crippen LogP contribution in [0.4, 0.5) is 0 Å². The van der Waals surface area contributed by atoms with Crippen molar-refractivity contribution in [3.8, 4) is 5.75 Å². The van der Waals surface area contributed by atoms with Crippen molar-refractivity contribution in [2.75, 3.05) is 20.8 Å². The van der Waals surface area contributed by atoms with E-state index < -0.39 is 12.1 Å². The molecule has 2 aliphatic rings. The number of hydrogen-bond acceptors (Lipinski definition) is 6. The lowest BCUT2D eigenvalue weighted by molar-refractivity contribution is -0.375. The van der Waals surface area contributed by atoms with Gasteiger partial charge < -0.3 is 28.4 Å². The highest BCUT2D eigenvalue weighted by Crippen LogP contribution is 2.37. The topological polar surface area (TPSA) is 55.4 Å². The van der Waals surface area contributed by atoms with Gasteiger partial charge in [0.1, 0.15) is 18.0 Å². The molecule has 0 aromatic heterocycles. The Labute approximate surface area is 149 Å². The lowest BCUT2D eigenvalue weighted by atomic mass is 9.89. The van der Waals surface area contributed by atoms with Crippen LogP contribution in [0.5, 0.6) is 5.75 Å². The molecular formula is C19H28O6. The molecule has 5 atom stereocenters. The molecule has 2 saturated heterocycles. The standard InChI is InChI=1S/C19H28O6/c1-12-16-15(11-23-19(2,3)25-16)24-18(21-5)17(12)22-10-13-6-8-14(20-4)9-7-13/h6-9,12,15-18H,10-11H2,1-5H3/t12-,15?,16+,17?,18+/m0/s1. The molecule has 25 heavy (non-hydrogen) atoms. The van der Waals surface area contributed by atoms with Gasteiger partial charge in [-0.3, -0.25) is 0 Å². The van der Waals surface area contributed by atoms with E-state index >= 15 is 0 Å². The molecule has 1 aromatic carbocycles. The van der Waals surface area contributed by atoms with Crippen LogP contribution in [0.3, 0.4) is 0 Å². The third-order valence-electron chi connectivity index (χ3n) is 4.83. The first-order valence-corrected chi connectivity index (χ1v) is 8.68. The van der Waals surface area contributed by atoms with Gasteiger partial charge in [-0.05, 0) is 31.5 Å². The maximum atomic E-state index is 6.16. The Balaban J connectivity index is 1.67. The maximum absolute atomic E-state index is 6.16. The van der Waals surface area contributed by atoms with E-state index in [1.165, 1.54) is 0 Å². The summed E-state index contributed by atoms with van der Waals surface area (Å²) in [5, 5.41) is 0. The van der Waals surface area contributed by atoms with Crippen molar-refractivity contribution in [2.24, 2.45) is 5.92 Å². The van der Waals surface area contributed by atoms with E-state index in [0.717, 1.165) is 11.3 Å². The summed E-state index contributed by atoms with van der Waals surface area (Å²) in [7, 11) is 3.29. The summed E-state index contributed by atoms with van der Waals surface area (Å²) in [5.41, 5.74) is 1.07. The van der Waals surface area contributed by atoms with Crippen LogP contribution in [-0.4, -0.2) is 51.2 Å². The number of fused-ring (bicyclic) bond motifs is 1. The molecular weight excluding hydrogens is 324 g/mol. The second-order valence-electron chi connectivity index (χ2n) is 7.05. The van der Waals surface area contributed by atoms with E-state index in [-0.39, 0.29) is 24.2 Å². The van der Waals surface area contributed by atoms with Crippen molar-refractivity contribution in [3.05, 3.63) is 29.8 Å². The van der Waals surface area contributed by atoms with E-state index in [1.54, 1.807) is 14.2 Å². The molecule has 6 heteroatoms. The lowest BCUT2D eigenvalue weighted by Gasteiger charge is -2.50. The second kappa shape index (κ2) is 7.60. The SMILES string of the molecule is COc1ccc(COC2[C@H](OC)OC3COC(C)(C)O[C@@H]3[C@@H]2C)cc1. The highest BCUT2D eigenvalue weighted by atomic mass is 16.8. The number of hydrogen-bond donors (Lipinski definition) is 0. The predicted octanol–water partition coefficient (Wildman–Crippen LogP) is 2.74. The molecule has 0 N–H and O–H groups in total. The quantitative estimate of drug-likeness (QED) is 0.812. The Morgan fingerprint density at radius 3 is 2.52 bits per heavy atom. The second-order valence-corrected chi connectivity index (χ2v) is 7.05. The minimum atomic E-state index is -0.612. The Morgan fingerprint density at radius 2 is 1.88 bits per heavy atom.